The highest BCUT2D eigenvalue weighted by Crippen LogP contribution is 2.13. The lowest BCUT2D eigenvalue weighted by atomic mass is 9.99. The maximum atomic E-state index is 11.8. The van der Waals surface area contributed by atoms with Crippen LogP contribution in [0.4, 0.5) is 0 Å². The Balaban J connectivity index is 2.51. The lowest BCUT2D eigenvalue weighted by molar-refractivity contribution is -0.124. The summed E-state index contributed by atoms with van der Waals surface area (Å²) in [5.74, 6) is 0.798. The van der Waals surface area contributed by atoms with Crippen molar-refractivity contribution < 1.29 is 9.21 Å². The molecule has 0 spiro atoms. The zero-order valence-corrected chi connectivity index (χ0v) is 10.1. The number of nitrogens with two attached hydrogens (primary N) is 1. The summed E-state index contributed by atoms with van der Waals surface area (Å²) in [6.45, 7) is 5.87. The molecule has 0 radical (unpaired) electrons. The van der Waals surface area contributed by atoms with Gasteiger partial charge in [-0.15, -0.1) is 0 Å². The molecule has 4 heteroatoms. The third kappa shape index (κ3) is 3.10. The fourth-order valence-electron chi connectivity index (χ4n) is 1.43. The minimum atomic E-state index is -0.456. The van der Waals surface area contributed by atoms with Crippen molar-refractivity contribution in [2.45, 2.75) is 39.3 Å². The van der Waals surface area contributed by atoms with Gasteiger partial charge in [0.15, 0.2) is 0 Å². The van der Waals surface area contributed by atoms with Gasteiger partial charge in [-0.2, -0.15) is 0 Å². The van der Waals surface area contributed by atoms with E-state index in [4.69, 9.17) is 10.2 Å². The monoisotopic (exact) mass is 224 g/mol. The Labute approximate surface area is 96.2 Å². The van der Waals surface area contributed by atoms with Crippen molar-refractivity contribution in [3.8, 4) is 0 Å². The molecule has 1 aromatic rings. The molecule has 0 aromatic carbocycles. The first-order valence-corrected chi connectivity index (χ1v) is 5.65. The minimum absolute atomic E-state index is 0.127. The molecule has 0 saturated carbocycles. The van der Waals surface area contributed by atoms with Crippen LogP contribution in [0.15, 0.2) is 22.8 Å². The summed E-state index contributed by atoms with van der Waals surface area (Å²) in [6, 6.07) is 3.03. The Bertz CT molecular complexity index is 322. The second kappa shape index (κ2) is 5.70. The van der Waals surface area contributed by atoms with E-state index in [0.717, 1.165) is 12.2 Å². The van der Waals surface area contributed by atoms with Crippen LogP contribution in [0.2, 0.25) is 0 Å². The summed E-state index contributed by atoms with van der Waals surface area (Å²) < 4.78 is 5.21. The number of rotatable bonds is 5. The zero-order chi connectivity index (χ0) is 12.1. The Kier molecular flexibility index (Phi) is 4.55. The van der Waals surface area contributed by atoms with Crippen LogP contribution in [-0.2, 0) is 4.79 Å². The van der Waals surface area contributed by atoms with E-state index in [1.165, 1.54) is 0 Å². The van der Waals surface area contributed by atoms with E-state index in [0.29, 0.717) is 0 Å². The Morgan fingerprint density at radius 3 is 2.75 bits per heavy atom. The molecule has 16 heavy (non-hydrogen) atoms. The minimum Gasteiger partial charge on any atom is -0.467 e. The van der Waals surface area contributed by atoms with E-state index < -0.39 is 6.04 Å². The van der Waals surface area contributed by atoms with Gasteiger partial charge < -0.3 is 15.5 Å². The van der Waals surface area contributed by atoms with Crippen molar-refractivity contribution in [2.75, 3.05) is 0 Å². The van der Waals surface area contributed by atoms with Gasteiger partial charge in [-0.3, -0.25) is 4.79 Å². The van der Waals surface area contributed by atoms with Gasteiger partial charge in [0.25, 0.3) is 0 Å². The van der Waals surface area contributed by atoms with Crippen LogP contribution < -0.4 is 11.1 Å². The van der Waals surface area contributed by atoms with Gasteiger partial charge in [-0.25, -0.2) is 0 Å². The van der Waals surface area contributed by atoms with Crippen molar-refractivity contribution in [1.29, 1.82) is 0 Å². The predicted octanol–water partition coefficient (Wildman–Crippen LogP) is 1.83. The molecule has 1 amide bonds. The largest absolute Gasteiger partial charge is 0.467 e. The number of carbonyl (C=O) groups excluding carboxylic acids is 1. The zero-order valence-electron chi connectivity index (χ0n) is 10.1. The predicted molar refractivity (Wildman–Crippen MR) is 62.7 cm³/mol. The fourth-order valence-corrected chi connectivity index (χ4v) is 1.43. The number of hydrogen-bond donors (Lipinski definition) is 2. The van der Waals surface area contributed by atoms with Crippen LogP contribution in [0.1, 0.15) is 39.0 Å². The maximum Gasteiger partial charge on any atom is 0.237 e. The van der Waals surface area contributed by atoms with Crippen LogP contribution in [0.5, 0.6) is 0 Å². The van der Waals surface area contributed by atoms with Gasteiger partial charge in [0.05, 0.1) is 18.3 Å². The molecule has 1 heterocycles. The standard InChI is InChI=1S/C12H20N2O2/c1-4-8(2)11(13)12(15)14-9(3)10-6-5-7-16-10/h5-9,11H,4,13H2,1-3H3,(H,14,15)/t8?,9-,11+/m1/s1. The van der Waals surface area contributed by atoms with Crippen LogP contribution in [-0.4, -0.2) is 11.9 Å². The average molecular weight is 224 g/mol. The van der Waals surface area contributed by atoms with Crippen LogP contribution in [0.25, 0.3) is 0 Å². The molecule has 3 atom stereocenters. The number of furan rings is 1. The summed E-state index contributed by atoms with van der Waals surface area (Å²) in [6.07, 6.45) is 2.48. The molecule has 0 aliphatic carbocycles. The van der Waals surface area contributed by atoms with E-state index in [1.54, 1.807) is 12.3 Å². The Hall–Kier alpha value is -1.29. The SMILES string of the molecule is CCC(C)[C@H](N)C(=O)N[C@H](C)c1ccco1. The van der Waals surface area contributed by atoms with Crippen molar-refractivity contribution in [3.05, 3.63) is 24.2 Å². The topological polar surface area (TPSA) is 68.3 Å². The first kappa shape index (κ1) is 12.8. The molecule has 1 unspecified atom stereocenters. The first-order valence-electron chi connectivity index (χ1n) is 5.65. The summed E-state index contributed by atoms with van der Waals surface area (Å²) >= 11 is 0. The molecule has 0 aliphatic rings. The highest BCUT2D eigenvalue weighted by molar-refractivity contribution is 5.82. The van der Waals surface area contributed by atoms with Crippen molar-refractivity contribution >= 4 is 5.91 Å². The van der Waals surface area contributed by atoms with Gasteiger partial charge in [0.2, 0.25) is 5.91 Å². The average Bonchev–Trinajstić information content (AvgIpc) is 2.80. The fraction of sp³-hybridized carbons (Fsp3) is 0.583. The molecule has 0 saturated heterocycles. The van der Waals surface area contributed by atoms with Crippen LogP contribution in [0, 0.1) is 5.92 Å². The Morgan fingerprint density at radius 1 is 1.56 bits per heavy atom. The summed E-state index contributed by atoms with van der Waals surface area (Å²) in [5, 5.41) is 2.84. The molecular weight excluding hydrogens is 204 g/mol. The molecule has 0 fully saturated rings. The molecule has 0 bridgehead atoms. The highest BCUT2D eigenvalue weighted by atomic mass is 16.3. The summed E-state index contributed by atoms with van der Waals surface area (Å²) in [5.41, 5.74) is 5.83. The molecule has 1 aromatic heterocycles. The maximum absolute atomic E-state index is 11.8. The van der Waals surface area contributed by atoms with Crippen LogP contribution in [0.3, 0.4) is 0 Å². The normalized spacial score (nSPS) is 16.5. The highest BCUT2D eigenvalue weighted by Gasteiger charge is 2.21. The van der Waals surface area contributed by atoms with E-state index >= 15 is 0 Å². The lowest BCUT2D eigenvalue weighted by Gasteiger charge is -2.20. The molecule has 3 N–H and O–H groups in total. The molecule has 1 rings (SSSR count). The van der Waals surface area contributed by atoms with Gasteiger partial charge in [0, 0.05) is 0 Å². The van der Waals surface area contributed by atoms with E-state index in [2.05, 4.69) is 5.32 Å². The summed E-state index contributed by atoms with van der Waals surface area (Å²) in [4.78, 5) is 11.8. The third-order valence-corrected chi connectivity index (χ3v) is 2.89. The van der Waals surface area contributed by atoms with Gasteiger partial charge in [-0.1, -0.05) is 20.3 Å². The van der Waals surface area contributed by atoms with Gasteiger partial charge in [0.1, 0.15) is 5.76 Å². The van der Waals surface area contributed by atoms with Crippen molar-refractivity contribution in [2.24, 2.45) is 11.7 Å². The third-order valence-electron chi connectivity index (χ3n) is 2.89. The smallest absolute Gasteiger partial charge is 0.237 e. The first-order chi connectivity index (χ1) is 7.56. The van der Waals surface area contributed by atoms with Crippen molar-refractivity contribution in [3.63, 3.8) is 0 Å². The second-order valence-electron chi connectivity index (χ2n) is 4.16. The van der Waals surface area contributed by atoms with E-state index in [1.807, 2.05) is 26.8 Å². The number of carbonyl (C=O) groups is 1. The van der Waals surface area contributed by atoms with E-state index in [-0.39, 0.29) is 17.9 Å². The van der Waals surface area contributed by atoms with Gasteiger partial charge >= 0.3 is 0 Å². The second-order valence-corrected chi connectivity index (χ2v) is 4.16. The summed E-state index contributed by atoms with van der Waals surface area (Å²) in [7, 11) is 0. The lowest BCUT2D eigenvalue weighted by Crippen LogP contribution is -2.45. The number of nitrogens with one attached hydrogen (secondary N) is 1. The molecule has 0 aliphatic heterocycles. The number of hydrogen-bond acceptors (Lipinski definition) is 3. The molecular formula is C12H20N2O2. The van der Waals surface area contributed by atoms with E-state index in [9.17, 15) is 4.79 Å². The van der Waals surface area contributed by atoms with Crippen LogP contribution >= 0.6 is 0 Å². The quantitative estimate of drug-likeness (QED) is 0.801. The Morgan fingerprint density at radius 2 is 2.25 bits per heavy atom. The van der Waals surface area contributed by atoms with Gasteiger partial charge in [-0.05, 0) is 25.0 Å². The molecule has 4 nitrogen and oxygen atoms in total. The number of amides is 1. The molecule has 90 valence electrons. The van der Waals surface area contributed by atoms with Crippen molar-refractivity contribution in [1.82, 2.24) is 5.32 Å².